The first-order chi connectivity index (χ1) is 12.1. The Kier molecular flexibility index (Phi) is 5.35. The van der Waals surface area contributed by atoms with Gasteiger partial charge in [-0.1, -0.05) is 41.9 Å². The fourth-order valence-electron chi connectivity index (χ4n) is 2.92. The Morgan fingerprint density at radius 2 is 1.84 bits per heavy atom. The predicted molar refractivity (Wildman–Crippen MR) is 98.4 cm³/mol. The molecule has 1 aromatic carbocycles. The maximum Gasteiger partial charge on any atom is 0.239 e. The van der Waals surface area contributed by atoms with Crippen LogP contribution in [-0.2, 0) is 11.2 Å². The number of carbonyl (C=O) groups is 1. The summed E-state index contributed by atoms with van der Waals surface area (Å²) in [6.07, 6.45) is 1.93. The molecule has 0 radical (unpaired) electrons. The maximum atomic E-state index is 12.6. The number of rotatable bonds is 4. The van der Waals surface area contributed by atoms with Crippen LogP contribution in [0.5, 0.6) is 0 Å². The van der Waals surface area contributed by atoms with Gasteiger partial charge < -0.3 is 21.3 Å². The van der Waals surface area contributed by atoms with Gasteiger partial charge in [0.25, 0.3) is 0 Å². The summed E-state index contributed by atoms with van der Waals surface area (Å²) in [5.74, 6) is 0.835. The second kappa shape index (κ2) is 7.67. The van der Waals surface area contributed by atoms with Crippen LogP contribution >= 0.6 is 11.6 Å². The van der Waals surface area contributed by atoms with Gasteiger partial charge in [-0.15, -0.1) is 0 Å². The van der Waals surface area contributed by atoms with Gasteiger partial charge in [0, 0.05) is 26.2 Å². The Morgan fingerprint density at radius 1 is 1.16 bits per heavy atom. The van der Waals surface area contributed by atoms with Crippen LogP contribution in [0.2, 0.25) is 5.02 Å². The van der Waals surface area contributed by atoms with Crippen molar-refractivity contribution in [3.63, 3.8) is 0 Å². The van der Waals surface area contributed by atoms with Crippen molar-refractivity contribution in [1.82, 2.24) is 14.9 Å². The molecule has 8 heteroatoms. The SMILES string of the molecule is Nc1ncnc(N2CCN(C(=O)[C@@H](N)Cc3ccccc3)CC2)c1Cl. The van der Waals surface area contributed by atoms with Gasteiger partial charge in [0.15, 0.2) is 5.82 Å². The molecule has 1 saturated heterocycles. The van der Waals surface area contributed by atoms with E-state index in [-0.39, 0.29) is 11.7 Å². The maximum absolute atomic E-state index is 12.6. The number of halogens is 1. The van der Waals surface area contributed by atoms with Crippen molar-refractivity contribution in [3.05, 3.63) is 47.2 Å². The highest BCUT2D eigenvalue weighted by atomic mass is 35.5. The first kappa shape index (κ1) is 17.4. The molecule has 0 aliphatic carbocycles. The Hall–Kier alpha value is -2.38. The van der Waals surface area contributed by atoms with E-state index in [4.69, 9.17) is 23.1 Å². The number of anilines is 2. The van der Waals surface area contributed by atoms with Crippen LogP contribution in [0.25, 0.3) is 0 Å². The lowest BCUT2D eigenvalue weighted by atomic mass is 10.1. The van der Waals surface area contributed by atoms with Crippen LogP contribution in [0.1, 0.15) is 5.56 Å². The third kappa shape index (κ3) is 4.00. The lowest BCUT2D eigenvalue weighted by Gasteiger charge is -2.36. The van der Waals surface area contributed by atoms with E-state index in [9.17, 15) is 4.79 Å². The van der Waals surface area contributed by atoms with Crippen LogP contribution in [0.4, 0.5) is 11.6 Å². The zero-order valence-corrected chi connectivity index (χ0v) is 14.6. The molecular weight excluding hydrogens is 340 g/mol. The van der Waals surface area contributed by atoms with Crippen LogP contribution < -0.4 is 16.4 Å². The van der Waals surface area contributed by atoms with Gasteiger partial charge in [-0.05, 0) is 12.0 Å². The minimum absolute atomic E-state index is 0.0307. The van der Waals surface area contributed by atoms with Gasteiger partial charge in [-0.2, -0.15) is 0 Å². The van der Waals surface area contributed by atoms with Gasteiger partial charge in [-0.25, -0.2) is 9.97 Å². The van der Waals surface area contributed by atoms with Crippen molar-refractivity contribution in [2.45, 2.75) is 12.5 Å². The number of carbonyl (C=O) groups excluding carboxylic acids is 1. The Labute approximate surface area is 151 Å². The molecule has 3 rings (SSSR count). The van der Waals surface area contributed by atoms with Gasteiger partial charge in [-0.3, -0.25) is 4.79 Å². The van der Waals surface area contributed by atoms with Crippen LogP contribution in [0.3, 0.4) is 0 Å². The monoisotopic (exact) mass is 360 g/mol. The van der Waals surface area contributed by atoms with Gasteiger partial charge in [0.1, 0.15) is 17.2 Å². The Bertz CT molecular complexity index is 733. The average molecular weight is 361 g/mol. The molecule has 0 bridgehead atoms. The Morgan fingerprint density at radius 3 is 2.52 bits per heavy atom. The molecule has 1 amide bonds. The van der Waals surface area contributed by atoms with Crippen LogP contribution in [0.15, 0.2) is 36.7 Å². The summed E-state index contributed by atoms with van der Waals surface area (Å²) in [7, 11) is 0. The van der Waals surface area contributed by atoms with Crippen molar-refractivity contribution in [1.29, 1.82) is 0 Å². The first-order valence-electron chi connectivity index (χ1n) is 8.15. The molecular formula is C17H21ClN6O. The summed E-state index contributed by atoms with van der Waals surface area (Å²) < 4.78 is 0. The van der Waals surface area contributed by atoms with E-state index < -0.39 is 6.04 Å². The molecule has 2 heterocycles. The molecule has 0 saturated carbocycles. The van der Waals surface area contributed by atoms with Crippen molar-refractivity contribution in [2.75, 3.05) is 36.8 Å². The molecule has 1 atom stereocenters. The number of nitrogens with two attached hydrogens (primary N) is 2. The second-order valence-corrected chi connectivity index (χ2v) is 6.38. The highest BCUT2D eigenvalue weighted by molar-refractivity contribution is 6.35. The van der Waals surface area contributed by atoms with E-state index in [0.29, 0.717) is 43.4 Å². The molecule has 1 aliphatic heterocycles. The normalized spacial score (nSPS) is 15.9. The van der Waals surface area contributed by atoms with Gasteiger partial charge in [0.2, 0.25) is 5.91 Å². The Balaban J connectivity index is 1.58. The molecule has 1 fully saturated rings. The molecule has 0 spiro atoms. The van der Waals surface area contributed by atoms with E-state index >= 15 is 0 Å². The molecule has 25 heavy (non-hydrogen) atoms. The summed E-state index contributed by atoms with van der Waals surface area (Å²) >= 11 is 6.17. The molecule has 4 N–H and O–H groups in total. The topological polar surface area (TPSA) is 101 Å². The van der Waals surface area contributed by atoms with Crippen molar-refractivity contribution in [3.8, 4) is 0 Å². The molecule has 1 aromatic heterocycles. The minimum Gasteiger partial charge on any atom is -0.382 e. The predicted octanol–water partition coefficient (Wildman–Crippen LogP) is 0.931. The highest BCUT2D eigenvalue weighted by Crippen LogP contribution is 2.27. The first-order valence-corrected chi connectivity index (χ1v) is 8.53. The zero-order chi connectivity index (χ0) is 17.8. The number of hydrogen-bond acceptors (Lipinski definition) is 6. The summed E-state index contributed by atoms with van der Waals surface area (Å²) in [5, 5.41) is 0.350. The van der Waals surface area contributed by atoms with Gasteiger partial charge in [0.05, 0.1) is 6.04 Å². The largest absolute Gasteiger partial charge is 0.382 e. The highest BCUT2D eigenvalue weighted by Gasteiger charge is 2.27. The summed E-state index contributed by atoms with van der Waals surface area (Å²) in [6.45, 7) is 2.39. The van der Waals surface area contributed by atoms with Crippen molar-refractivity contribution < 1.29 is 4.79 Å². The number of piperazine rings is 1. The number of nitrogens with zero attached hydrogens (tertiary/aromatic N) is 4. The molecule has 132 valence electrons. The fraction of sp³-hybridized carbons (Fsp3) is 0.353. The van der Waals surface area contributed by atoms with E-state index in [2.05, 4.69) is 9.97 Å². The number of aromatic nitrogens is 2. The lowest BCUT2D eigenvalue weighted by Crippen LogP contribution is -2.54. The standard InChI is InChI=1S/C17H21ClN6O/c18-14-15(20)21-11-22-16(14)23-6-8-24(9-7-23)17(25)13(19)10-12-4-2-1-3-5-12/h1-5,11,13H,6-10,19H2,(H2,20,21,22)/t13-/m0/s1. The number of amides is 1. The van der Waals surface area contributed by atoms with E-state index in [1.54, 1.807) is 4.90 Å². The van der Waals surface area contributed by atoms with Crippen molar-refractivity contribution >= 4 is 29.1 Å². The average Bonchev–Trinajstić information content (AvgIpc) is 2.64. The lowest BCUT2D eigenvalue weighted by molar-refractivity contribution is -0.132. The van der Waals surface area contributed by atoms with Crippen LogP contribution in [0, 0.1) is 0 Å². The van der Waals surface area contributed by atoms with E-state index in [0.717, 1.165) is 5.56 Å². The third-order valence-corrected chi connectivity index (χ3v) is 4.67. The molecule has 1 aliphatic rings. The summed E-state index contributed by atoms with van der Waals surface area (Å²) in [5.41, 5.74) is 12.9. The smallest absolute Gasteiger partial charge is 0.239 e. The quantitative estimate of drug-likeness (QED) is 0.841. The van der Waals surface area contributed by atoms with E-state index in [1.165, 1.54) is 6.33 Å². The molecule has 0 unspecified atom stereocenters. The molecule has 7 nitrogen and oxygen atoms in total. The minimum atomic E-state index is -0.535. The van der Waals surface area contributed by atoms with E-state index in [1.807, 2.05) is 35.2 Å². The summed E-state index contributed by atoms with van der Waals surface area (Å²) in [6, 6.07) is 9.26. The zero-order valence-electron chi connectivity index (χ0n) is 13.8. The van der Waals surface area contributed by atoms with Gasteiger partial charge >= 0.3 is 0 Å². The second-order valence-electron chi connectivity index (χ2n) is 6.01. The van der Waals surface area contributed by atoms with Crippen molar-refractivity contribution in [2.24, 2.45) is 5.73 Å². The number of nitrogen functional groups attached to an aromatic ring is 1. The number of benzene rings is 1. The summed E-state index contributed by atoms with van der Waals surface area (Å²) in [4.78, 5) is 24.4. The van der Waals surface area contributed by atoms with Crippen LogP contribution in [-0.4, -0.2) is 53.0 Å². The number of hydrogen-bond donors (Lipinski definition) is 2. The third-order valence-electron chi connectivity index (χ3n) is 4.30. The fourth-order valence-corrected chi connectivity index (χ4v) is 3.14. The molecule has 2 aromatic rings.